The Hall–Kier alpha value is -2.88. The summed E-state index contributed by atoms with van der Waals surface area (Å²) < 4.78 is 10.3. The summed E-state index contributed by atoms with van der Waals surface area (Å²) in [7, 11) is 0. The van der Waals surface area contributed by atoms with E-state index in [9.17, 15) is 29.4 Å². The molecule has 0 aromatic heterocycles. The molecule has 380 valence electrons. The summed E-state index contributed by atoms with van der Waals surface area (Å²) in [6.45, 7) is 17.2. The third-order valence-electron chi connectivity index (χ3n) is 11.4. The molecule has 2 rings (SSSR count). The summed E-state index contributed by atoms with van der Waals surface area (Å²) in [5.41, 5.74) is -0.117. The molecule has 2 aromatic carbocycles. The summed E-state index contributed by atoms with van der Waals surface area (Å²) in [6.07, 6.45) is 43.1. The van der Waals surface area contributed by atoms with E-state index in [2.05, 4.69) is 41.5 Å². The Balaban J connectivity index is -0.000000914. The molecule has 0 atom stereocenters. The van der Waals surface area contributed by atoms with Crippen LogP contribution in [0.3, 0.4) is 0 Å². The number of esters is 2. The van der Waals surface area contributed by atoms with E-state index in [1.54, 1.807) is 24.3 Å². The molecule has 0 aliphatic rings. The molecule has 67 heavy (non-hydrogen) atoms. The molecule has 0 heterocycles. The quantitative estimate of drug-likeness (QED) is 0.0369. The predicted molar refractivity (Wildman–Crippen MR) is 278 cm³/mol. The number of ether oxygens (including phenoxy) is 2. The SMILES string of the molecule is CCCCCCCCCCCCCOC(=O)c1ccccc1C(=O)[O-].CCCCCCCCCCCCCOC(=O)c1ccccc1C(=O)[O-].[CH2]CCCCCCC.[CH2]CCCCCCC.[Sn+2]. The standard InChI is InChI=1S/2C21H32O4.2C8H17.Sn/c2*1-2-3-4-5-6-7-8-9-10-11-14-17-25-21(24)19-16-13-12-15-18(19)20(22)23;2*1-3-5-7-8-6-4-2;/h2*12-13,15-16H,2-11,14,17H2,1H3,(H,22,23);2*1,3-8H2,2H3;/q;;;;+2/p-2. The van der Waals surface area contributed by atoms with Gasteiger partial charge in [-0.25, -0.2) is 9.59 Å². The smallest absolute Gasteiger partial charge is 0.545 e. The number of carboxylic acid groups (broad SMARTS) is 2. The van der Waals surface area contributed by atoms with Gasteiger partial charge in [-0.05, 0) is 25.0 Å². The largest absolute Gasteiger partial charge is 2.00 e. The van der Waals surface area contributed by atoms with Crippen molar-refractivity contribution < 1.29 is 38.9 Å². The minimum Gasteiger partial charge on any atom is -0.545 e. The number of hydrogen-bond donors (Lipinski definition) is 0. The van der Waals surface area contributed by atoms with Crippen LogP contribution in [0.25, 0.3) is 0 Å². The molecule has 0 fully saturated rings. The summed E-state index contributed by atoms with van der Waals surface area (Å²) in [5, 5.41) is 22.0. The van der Waals surface area contributed by atoms with Gasteiger partial charge >= 0.3 is 35.8 Å². The van der Waals surface area contributed by atoms with Gasteiger partial charge in [-0.3, -0.25) is 0 Å². The maximum Gasteiger partial charge on any atom is 2.00 e. The average molecular weight is 1040 g/mol. The van der Waals surface area contributed by atoms with Crippen LogP contribution in [0.2, 0.25) is 0 Å². The van der Waals surface area contributed by atoms with Gasteiger partial charge in [0.05, 0.1) is 36.3 Å². The van der Waals surface area contributed by atoms with Gasteiger partial charge in [0.25, 0.3) is 0 Å². The summed E-state index contributed by atoms with van der Waals surface area (Å²) in [5.74, 6) is -3.90. The van der Waals surface area contributed by atoms with Gasteiger partial charge in [0.2, 0.25) is 0 Å². The number of carboxylic acids is 2. The van der Waals surface area contributed by atoms with Crippen LogP contribution in [0.1, 0.15) is 287 Å². The molecule has 0 N–H and O–H groups in total. The predicted octanol–water partition coefficient (Wildman–Crippen LogP) is 15.0. The summed E-state index contributed by atoms with van der Waals surface area (Å²) >= 11 is 0. The Morgan fingerprint density at radius 2 is 0.567 bits per heavy atom. The van der Waals surface area contributed by atoms with Crippen molar-refractivity contribution in [3.8, 4) is 0 Å². The molecule has 0 bridgehead atoms. The molecule has 0 spiro atoms. The van der Waals surface area contributed by atoms with E-state index < -0.39 is 23.9 Å². The van der Waals surface area contributed by atoms with E-state index in [-0.39, 0.29) is 46.2 Å². The van der Waals surface area contributed by atoms with Gasteiger partial charge in [-0.15, -0.1) is 0 Å². The topological polar surface area (TPSA) is 133 Å². The second-order valence-corrected chi connectivity index (χ2v) is 17.5. The average Bonchev–Trinajstić information content (AvgIpc) is 3.33. The molecule has 9 heteroatoms. The second-order valence-electron chi connectivity index (χ2n) is 17.5. The van der Waals surface area contributed by atoms with Crippen molar-refractivity contribution in [1.82, 2.24) is 0 Å². The fourth-order valence-electron chi connectivity index (χ4n) is 7.26. The third-order valence-corrected chi connectivity index (χ3v) is 11.4. The first-order valence-electron chi connectivity index (χ1n) is 26.7. The molecule has 0 aliphatic carbocycles. The number of unbranched alkanes of at least 4 members (excludes halogenated alkanes) is 30. The minimum absolute atomic E-state index is 0. The van der Waals surface area contributed by atoms with E-state index in [1.807, 2.05) is 0 Å². The van der Waals surface area contributed by atoms with Crippen LogP contribution in [0.15, 0.2) is 48.5 Å². The zero-order valence-corrected chi connectivity index (χ0v) is 46.1. The molecule has 0 amide bonds. The Morgan fingerprint density at radius 3 is 0.791 bits per heavy atom. The zero-order valence-electron chi connectivity index (χ0n) is 43.3. The van der Waals surface area contributed by atoms with E-state index in [0.717, 1.165) is 51.4 Å². The van der Waals surface area contributed by atoms with E-state index in [4.69, 9.17) is 9.47 Å². The van der Waals surface area contributed by atoms with Crippen LogP contribution in [0, 0.1) is 13.8 Å². The van der Waals surface area contributed by atoms with Gasteiger partial charge < -0.3 is 29.3 Å². The molecule has 8 nitrogen and oxygen atoms in total. The monoisotopic (exact) mass is 1040 g/mol. The summed E-state index contributed by atoms with van der Waals surface area (Å²) in [6, 6.07) is 12.0. The van der Waals surface area contributed by atoms with Gasteiger partial charge in [-0.1, -0.05) is 283 Å². The molecule has 0 aliphatic heterocycles. The molecule has 0 saturated carbocycles. The number of aromatic carboxylic acids is 2. The second kappa shape index (κ2) is 54.1. The van der Waals surface area contributed by atoms with Gasteiger partial charge in [0, 0.05) is 11.1 Å². The number of carbonyl (C=O) groups excluding carboxylic acids is 4. The van der Waals surface area contributed by atoms with Crippen molar-refractivity contribution in [2.45, 2.75) is 246 Å². The zero-order chi connectivity index (χ0) is 49.1. The van der Waals surface area contributed by atoms with Crippen molar-refractivity contribution in [3.63, 3.8) is 0 Å². The first kappa shape index (κ1) is 68.4. The van der Waals surface area contributed by atoms with Crippen molar-refractivity contribution >= 4 is 47.8 Å². The van der Waals surface area contributed by atoms with Crippen LogP contribution < -0.4 is 10.2 Å². The fraction of sp³-hybridized carbons (Fsp3) is 0.690. The van der Waals surface area contributed by atoms with Gasteiger partial charge in [-0.2, -0.15) is 0 Å². The Kier molecular flexibility index (Phi) is 55.2. The van der Waals surface area contributed by atoms with Crippen LogP contribution in [-0.2, 0) is 9.47 Å². The molecule has 0 saturated heterocycles. The van der Waals surface area contributed by atoms with Gasteiger partial charge in [0.15, 0.2) is 0 Å². The summed E-state index contributed by atoms with van der Waals surface area (Å²) in [4.78, 5) is 45.8. The van der Waals surface area contributed by atoms with Crippen LogP contribution in [0.4, 0.5) is 0 Å². The number of rotatable bonds is 38. The fourth-order valence-corrected chi connectivity index (χ4v) is 7.26. The molecular formula is C58H96O8Sn. The number of hydrogen-bond acceptors (Lipinski definition) is 8. The van der Waals surface area contributed by atoms with E-state index in [0.29, 0.717) is 13.2 Å². The molecule has 2 aromatic rings. The normalized spacial score (nSPS) is 10.2. The minimum atomic E-state index is -1.36. The maximum atomic E-state index is 11.9. The first-order valence-corrected chi connectivity index (χ1v) is 26.7. The maximum absolute atomic E-state index is 11.9. The molecule has 4 radical (unpaired) electrons. The van der Waals surface area contributed by atoms with Gasteiger partial charge in [0.1, 0.15) is 0 Å². The first-order chi connectivity index (χ1) is 32.2. The molecule has 0 unspecified atom stereocenters. The van der Waals surface area contributed by atoms with Crippen molar-refractivity contribution in [2.75, 3.05) is 13.2 Å². The Bertz CT molecular complexity index is 1300. The van der Waals surface area contributed by atoms with E-state index >= 15 is 0 Å². The molecular weight excluding hydrogens is 943 g/mol. The van der Waals surface area contributed by atoms with E-state index in [1.165, 1.54) is 191 Å². The van der Waals surface area contributed by atoms with Crippen LogP contribution in [0.5, 0.6) is 0 Å². The number of benzene rings is 2. The number of carbonyl (C=O) groups is 4. The van der Waals surface area contributed by atoms with Crippen LogP contribution in [-0.4, -0.2) is 61.0 Å². The Labute approximate surface area is 428 Å². The van der Waals surface area contributed by atoms with Crippen LogP contribution >= 0.6 is 0 Å². The van der Waals surface area contributed by atoms with Crippen molar-refractivity contribution in [2.24, 2.45) is 0 Å². The Morgan fingerprint density at radius 1 is 0.358 bits per heavy atom. The third kappa shape index (κ3) is 44.1. The van der Waals surface area contributed by atoms with Crippen molar-refractivity contribution in [3.05, 3.63) is 84.6 Å². The van der Waals surface area contributed by atoms with Crippen molar-refractivity contribution in [1.29, 1.82) is 0 Å².